The van der Waals surface area contributed by atoms with Crippen molar-refractivity contribution >= 4 is 35.5 Å². The van der Waals surface area contributed by atoms with Crippen molar-refractivity contribution in [1.82, 2.24) is 0 Å². The fourth-order valence-corrected chi connectivity index (χ4v) is 6.60. The van der Waals surface area contributed by atoms with E-state index in [-0.39, 0.29) is 18.4 Å². The lowest BCUT2D eigenvalue weighted by Crippen LogP contribution is -2.71. The van der Waals surface area contributed by atoms with E-state index in [2.05, 4.69) is 6.58 Å². The Morgan fingerprint density at radius 3 is 2.19 bits per heavy atom. The van der Waals surface area contributed by atoms with Crippen LogP contribution < -0.4 is 0 Å². The summed E-state index contributed by atoms with van der Waals surface area (Å²) in [5.74, 6) is -5.35. The molecule has 0 aromatic rings. The molecule has 1 heterocycles. The fraction of sp³-hybridized carbons (Fsp3) is 0.692. The quantitative estimate of drug-likeness (QED) is 0.308. The summed E-state index contributed by atoms with van der Waals surface area (Å²) in [4.78, 5) is 49.7. The first-order valence-corrected chi connectivity index (χ1v) is 12.6. The van der Waals surface area contributed by atoms with Crippen molar-refractivity contribution in [3.63, 3.8) is 0 Å². The third kappa shape index (κ3) is 4.91. The van der Waals surface area contributed by atoms with Crippen LogP contribution in [0.25, 0.3) is 0 Å². The number of carbonyl (C=O) groups is 4. The van der Waals surface area contributed by atoms with Gasteiger partial charge in [-0.15, -0.1) is 11.6 Å². The summed E-state index contributed by atoms with van der Waals surface area (Å²) in [6.07, 6.45) is -1.89. The number of fused-ring (bicyclic) bond motifs is 2. The molecule has 37 heavy (non-hydrogen) atoms. The highest BCUT2D eigenvalue weighted by molar-refractivity contribution is 6.23. The zero-order valence-corrected chi connectivity index (χ0v) is 22.6. The van der Waals surface area contributed by atoms with E-state index in [1.807, 2.05) is 0 Å². The molecule has 2 N–H and O–H groups in total. The largest absolute Gasteiger partial charge is 0.462 e. The molecule has 1 saturated carbocycles. The number of hydrogen-bond acceptors (Lipinski definition) is 10. The molecule has 1 aliphatic heterocycles. The Morgan fingerprint density at radius 1 is 1.08 bits per heavy atom. The third-order valence-electron chi connectivity index (χ3n) is 8.06. The van der Waals surface area contributed by atoms with E-state index in [9.17, 15) is 29.4 Å². The summed E-state index contributed by atoms with van der Waals surface area (Å²) in [5, 5.41) is 23.0. The Morgan fingerprint density at radius 2 is 1.65 bits per heavy atom. The van der Waals surface area contributed by atoms with Crippen molar-refractivity contribution in [2.24, 2.45) is 17.3 Å². The molecular weight excluding hydrogens is 508 g/mol. The van der Waals surface area contributed by atoms with Crippen LogP contribution in [0.3, 0.4) is 0 Å². The molecule has 0 aromatic heterocycles. The maximum atomic E-state index is 12.8. The summed E-state index contributed by atoms with van der Waals surface area (Å²) in [5.41, 5.74) is -5.15. The van der Waals surface area contributed by atoms with Gasteiger partial charge < -0.3 is 29.2 Å². The number of aliphatic hydroxyl groups is 2. The maximum absolute atomic E-state index is 12.8. The van der Waals surface area contributed by atoms with Gasteiger partial charge in [0, 0.05) is 26.7 Å². The van der Waals surface area contributed by atoms with Gasteiger partial charge in [-0.05, 0) is 38.3 Å². The van der Waals surface area contributed by atoms with Crippen LogP contribution in [0, 0.1) is 17.3 Å². The van der Waals surface area contributed by atoms with Crippen LogP contribution in [-0.4, -0.2) is 75.1 Å². The molecule has 1 saturated heterocycles. The Balaban J connectivity index is 2.43. The summed E-state index contributed by atoms with van der Waals surface area (Å²) < 4.78 is 22.6. The van der Waals surface area contributed by atoms with E-state index >= 15 is 0 Å². The molecule has 11 heteroatoms. The second kappa shape index (κ2) is 10.0. The lowest BCUT2D eigenvalue weighted by atomic mass is 9.52. The van der Waals surface area contributed by atoms with E-state index in [1.165, 1.54) is 39.8 Å². The average molecular weight is 543 g/mol. The summed E-state index contributed by atoms with van der Waals surface area (Å²) in [7, 11) is 0. The van der Waals surface area contributed by atoms with Gasteiger partial charge in [-0.25, -0.2) is 0 Å². The molecule has 0 amide bonds. The van der Waals surface area contributed by atoms with Crippen molar-refractivity contribution < 1.29 is 48.3 Å². The van der Waals surface area contributed by atoms with E-state index in [4.69, 9.17) is 30.5 Å². The minimum absolute atomic E-state index is 0.0699. The number of halogens is 1. The predicted molar refractivity (Wildman–Crippen MR) is 130 cm³/mol. The van der Waals surface area contributed by atoms with Crippen molar-refractivity contribution in [3.05, 3.63) is 24.3 Å². The van der Waals surface area contributed by atoms with Crippen LogP contribution >= 0.6 is 11.6 Å². The number of ether oxygens (including phenoxy) is 4. The van der Waals surface area contributed by atoms with Gasteiger partial charge in [-0.1, -0.05) is 19.6 Å². The first-order valence-electron chi connectivity index (χ1n) is 12.2. The Bertz CT molecular complexity index is 1020. The van der Waals surface area contributed by atoms with Crippen LogP contribution in [0.1, 0.15) is 54.4 Å². The maximum Gasteiger partial charge on any atom is 0.312 e. The molecule has 0 bridgehead atoms. The first kappa shape index (κ1) is 29.1. The minimum Gasteiger partial charge on any atom is -0.462 e. The topological polar surface area (TPSA) is 146 Å². The Hall–Kier alpha value is -2.43. The molecule has 3 aliphatic rings. The lowest BCUT2D eigenvalue weighted by Gasteiger charge is -2.59. The van der Waals surface area contributed by atoms with Crippen molar-refractivity contribution in [2.45, 2.75) is 95.4 Å². The zero-order valence-electron chi connectivity index (χ0n) is 21.9. The average Bonchev–Trinajstić information content (AvgIpc) is 3.00. The van der Waals surface area contributed by atoms with Crippen molar-refractivity contribution in [1.29, 1.82) is 0 Å². The lowest BCUT2D eigenvalue weighted by molar-refractivity contribution is -0.264. The van der Waals surface area contributed by atoms with Gasteiger partial charge in [-0.2, -0.15) is 0 Å². The Labute approximate surface area is 220 Å². The molecule has 10 unspecified atom stereocenters. The van der Waals surface area contributed by atoms with E-state index in [0.717, 1.165) is 6.92 Å². The molecule has 2 fully saturated rings. The molecule has 0 spiro atoms. The summed E-state index contributed by atoms with van der Waals surface area (Å²) >= 11 is 6.66. The summed E-state index contributed by atoms with van der Waals surface area (Å²) in [6.45, 7) is 12.0. The number of hydrogen-bond donors (Lipinski definition) is 2. The highest BCUT2D eigenvalue weighted by Gasteiger charge is 2.71. The minimum atomic E-state index is -2.24. The van der Waals surface area contributed by atoms with Crippen LogP contribution in [0.2, 0.25) is 0 Å². The highest BCUT2D eigenvalue weighted by Crippen LogP contribution is 2.57. The Kier molecular flexibility index (Phi) is 7.90. The van der Waals surface area contributed by atoms with E-state index in [0.29, 0.717) is 0 Å². The van der Waals surface area contributed by atoms with Crippen molar-refractivity contribution in [3.8, 4) is 0 Å². The van der Waals surface area contributed by atoms with Crippen LogP contribution in [0.5, 0.6) is 0 Å². The van der Waals surface area contributed by atoms with Gasteiger partial charge in [0.1, 0.15) is 18.3 Å². The molecule has 206 valence electrons. The second-order valence-electron chi connectivity index (χ2n) is 10.7. The molecule has 10 nitrogen and oxygen atoms in total. The van der Waals surface area contributed by atoms with Gasteiger partial charge in [0.2, 0.25) is 0 Å². The van der Waals surface area contributed by atoms with Crippen molar-refractivity contribution in [2.75, 3.05) is 0 Å². The monoisotopic (exact) mass is 542 g/mol. The first-order chi connectivity index (χ1) is 17.0. The van der Waals surface area contributed by atoms with E-state index in [1.54, 1.807) is 6.92 Å². The number of allylic oxidation sites excluding steroid dienone is 1. The molecule has 0 aromatic carbocycles. The molecule has 10 atom stereocenters. The number of carbonyl (C=O) groups excluding carboxylic acids is 4. The van der Waals surface area contributed by atoms with Crippen LogP contribution in [0.15, 0.2) is 24.3 Å². The number of rotatable bonds is 3. The number of alkyl halides is 1. The van der Waals surface area contributed by atoms with Gasteiger partial charge in [0.25, 0.3) is 0 Å². The zero-order chi connectivity index (χ0) is 28.1. The van der Waals surface area contributed by atoms with Gasteiger partial charge in [0.15, 0.2) is 11.7 Å². The molecular formula is C26H35ClO10. The smallest absolute Gasteiger partial charge is 0.312 e. The van der Waals surface area contributed by atoms with Crippen LogP contribution in [-0.2, 0) is 38.1 Å². The van der Waals surface area contributed by atoms with Gasteiger partial charge in [-0.3, -0.25) is 19.2 Å². The highest BCUT2D eigenvalue weighted by atomic mass is 35.5. The SMILES string of the molecule is C=C1C=CC(OC(C)=O)C2(C)C(OC(C)=O)CCC(C)(O)C2C(OC(C)=O)C2(O)C(C)C(=O)OC2C1Cl. The molecule has 0 radical (unpaired) electrons. The molecule has 2 aliphatic carbocycles. The third-order valence-corrected chi connectivity index (χ3v) is 8.57. The summed E-state index contributed by atoms with van der Waals surface area (Å²) in [6, 6.07) is 0. The van der Waals surface area contributed by atoms with Gasteiger partial charge in [0.05, 0.1) is 22.3 Å². The molecule has 3 rings (SSSR count). The fourth-order valence-electron chi connectivity index (χ4n) is 6.28. The predicted octanol–water partition coefficient (Wildman–Crippen LogP) is 1.97. The second-order valence-corrected chi connectivity index (χ2v) is 11.2. The van der Waals surface area contributed by atoms with E-state index < -0.39 is 82.1 Å². The standard InChI is InChI=1S/C26H35ClO10/c1-12-8-9-17(34-14(3)28)25(7)18(35-15(4)29)10-11-24(6,32)20(25)22(36-16(5)30)26(33)13(2)23(31)37-21(26)19(12)27/h8-9,13,17-22,32-33H,1,10-11H2,2-7H3. The van der Waals surface area contributed by atoms with Gasteiger partial charge >= 0.3 is 23.9 Å². The number of esters is 4. The van der Waals surface area contributed by atoms with Crippen LogP contribution in [0.4, 0.5) is 0 Å². The normalized spacial score (nSPS) is 43.6.